The molecule has 19 heavy (non-hydrogen) atoms. The fraction of sp³-hybridized carbons (Fsp3) is 0.0625. The van der Waals surface area contributed by atoms with Gasteiger partial charge in [0, 0.05) is 17.2 Å². The fourth-order valence-electron chi connectivity index (χ4n) is 1.72. The van der Waals surface area contributed by atoms with Crippen molar-refractivity contribution in [1.29, 1.82) is 0 Å². The Morgan fingerprint density at radius 2 is 1.47 bits per heavy atom. The zero-order valence-electron chi connectivity index (χ0n) is 10.7. The van der Waals surface area contributed by atoms with Crippen molar-refractivity contribution in [3.05, 3.63) is 77.9 Å². The quantitative estimate of drug-likeness (QED) is 0.350. The summed E-state index contributed by atoms with van der Waals surface area (Å²) in [6.07, 6.45) is 1.52. The van der Waals surface area contributed by atoms with Crippen molar-refractivity contribution in [1.82, 2.24) is 0 Å². The van der Waals surface area contributed by atoms with E-state index in [1.807, 2.05) is 48.5 Å². The maximum absolute atomic E-state index is 12.1. The Hall–Kier alpha value is -2.29. The minimum atomic E-state index is -0.0682. The van der Waals surface area contributed by atoms with Crippen molar-refractivity contribution < 1.29 is 9.45 Å². The van der Waals surface area contributed by atoms with Crippen LogP contribution in [0.3, 0.4) is 0 Å². The average Bonchev–Trinajstić information content (AvgIpc) is 2.48. The van der Waals surface area contributed by atoms with Gasteiger partial charge in [0.2, 0.25) is 0 Å². The second-order valence-corrected chi connectivity index (χ2v) is 3.96. The average molecular weight is 249 g/mol. The predicted molar refractivity (Wildman–Crippen MR) is 77.9 cm³/mol. The number of carbonyl (C=O) groups excluding carboxylic acids is 1. The standard InChI is InChI=1S/C16H14BO2/c1-17-19-16(14-10-6-3-7-11-14)12-15(18)13-8-4-2-5-9-13/h2-12H,1H3/b16-12-. The number of allylic oxidation sites excluding steroid dienone is 1. The third kappa shape index (κ3) is 3.58. The Morgan fingerprint density at radius 3 is 2.00 bits per heavy atom. The fourth-order valence-corrected chi connectivity index (χ4v) is 1.72. The summed E-state index contributed by atoms with van der Waals surface area (Å²) in [6, 6.07) is 18.7. The molecule has 0 heterocycles. The SMILES string of the molecule is C[B]O/C(=C\C(=O)c1ccccc1)c1ccccc1. The molecule has 0 fully saturated rings. The maximum Gasteiger partial charge on any atom is 0.366 e. The van der Waals surface area contributed by atoms with E-state index in [1.54, 1.807) is 26.4 Å². The van der Waals surface area contributed by atoms with E-state index in [9.17, 15) is 4.79 Å². The van der Waals surface area contributed by atoms with Crippen molar-refractivity contribution in [2.24, 2.45) is 0 Å². The smallest absolute Gasteiger partial charge is 0.366 e. The highest BCUT2D eigenvalue weighted by molar-refractivity contribution is 6.27. The van der Waals surface area contributed by atoms with E-state index in [4.69, 9.17) is 4.65 Å². The largest absolute Gasteiger partial charge is 0.563 e. The molecule has 0 aliphatic carbocycles. The molecule has 0 aliphatic heterocycles. The molecule has 3 heteroatoms. The molecule has 1 radical (unpaired) electrons. The molecule has 0 atom stereocenters. The molecule has 2 aromatic rings. The Labute approximate surface area is 114 Å². The van der Waals surface area contributed by atoms with Gasteiger partial charge in [-0.25, -0.2) is 0 Å². The second kappa shape index (κ2) is 6.59. The molecule has 0 spiro atoms. The number of carbonyl (C=O) groups is 1. The van der Waals surface area contributed by atoms with Crippen LogP contribution in [0.2, 0.25) is 6.82 Å². The number of benzene rings is 2. The Balaban J connectivity index is 2.29. The molecule has 0 aromatic heterocycles. The summed E-state index contributed by atoms with van der Waals surface area (Å²) in [5, 5.41) is 0. The van der Waals surface area contributed by atoms with E-state index in [2.05, 4.69) is 0 Å². The van der Waals surface area contributed by atoms with Gasteiger partial charge in [-0.05, 0) is 0 Å². The van der Waals surface area contributed by atoms with Crippen molar-refractivity contribution in [3.8, 4) is 0 Å². The first-order chi connectivity index (χ1) is 9.31. The van der Waals surface area contributed by atoms with Crippen molar-refractivity contribution >= 4 is 19.0 Å². The Bertz CT molecular complexity index is 562. The lowest BCUT2D eigenvalue weighted by molar-refractivity contribution is 0.104. The van der Waals surface area contributed by atoms with Crippen LogP contribution in [0.4, 0.5) is 0 Å². The van der Waals surface area contributed by atoms with E-state index in [0.29, 0.717) is 11.3 Å². The van der Waals surface area contributed by atoms with Crippen LogP contribution >= 0.6 is 0 Å². The highest BCUT2D eigenvalue weighted by Gasteiger charge is 2.07. The normalized spacial score (nSPS) is 10.9. The molecular weight excluding hydrogens is 235 g/mol. The van der Waals surface area contributed by atoms with Crippen LogP contribution in [0, 0.1) is 0 Å². The molecule has 0 bridgehead atoms. The third-order valence-corrected chi connectivity index (χ3v) is 2.62. The highest BCUT2D eigenvalue weighted by Crippen LogP contribution is 2.16. The molecule has 0 saturated heterocycles. The first-order valence-corrected chi connectivity index (χ1v) is 6.12. The second-order valence-electron chi connectivity index (χ2n) is 3.96. The third-order valence-electron chi connectivity index (χ3n) is 2.62. The van der Waals surface area contributed by atoms with Crippen molar-refractivity contribution in [2.45, 2.75) is 6.82 Å². The van der Waals surface area contributed by atoms with Gasteiger partial charge in [-0.15, -0.1) is 0 Å². The minimum Gasteiger partial charge on any atom is -0.563 e. The summed E-state index contributed by atoms with van der Waals surface area (Å²) in [5.74, 6) is 0.484. The first-order valence-electron chi connectivity index (χ1n) is 6.12. The summed E-state index contributed by atoms with van der Waals surface area (Å²) < 4.78 is 5.44. The number of ketones is 1. The van der Waals surface area contributed by atoms with Crippen molar-refractivity contribution in [3.63, 3.8) is 0 Å². The summed E-state index contributed by atoms with van der Waals surface area (Å²) in [5.41, 5.74) is 1.53. The van der Waals surface area contributed by atoms with Crippen LogP contribution in [0.5, 0.6) is 0 Å². The number of hydrogen-bond donors (Lipinski definition) is 0. The topological polar surface area (TPSA) is 26.3 Å². The lowest BCUT2D eigenvalue weighted by atomic mass is 10.0. The molecule has 0 N–H and O–H groups in total. The molecule has 0 unspecified atom stereocenters. The summed E-state index contributed by atoms with van der Waals surface area (Å²) in [4.78, 5) is 12.1. The molecule has 93 valence electrons. The molecule has 2 nitrogen and oxygen atoms in total. The monoisotopic (exact) mass is 249 g/mol. The Morgan fingerprint density at radius 1 is 0.947 bits per heavy atom. The summed E-state index contributed by atoms with van der Waals surface area (Å²) >= 11 is 0. The molecule has 0 aliphatic rings. The van der Waals surface area contributed by atoms with Crippen LogP contribution in [0.25, 0.3) is 5.76 Å². The van der Waals surface area contributed by atoms with Crippen LogP contribution in [0.15, 0.2) is 66.7 Å². The van der Waals surface area contributed by atoms with Crippen LogP contribution < -0.4 is 0 Å². The number of rotatable bonds is 5. The van der Waals surface area contributed by atoms with Gasteiger partial charge in [0.25, 0.3) is 0 Å². The van der Waals surface area contributed by atoms with Gasteiger partial charge in [0.15, 0.2) is 5.78 Å². The van der Waals surface area contributed by atoms with Crippen LogP contribution in [-0.4, -0.2) is 13.3 Å². The van der Waals surface area contributed by atoms with E-state index in [-0.39, 0.29) is 5.78 Å². The zero-order chi connectivity index (χ0) is 13.5. The molecule has 2 aromatic carbocycles. The van der Waals surface area contributed by atoms with E-state index >= 15 is 0 Å². The summed E-state index contributed by atoms with van der Waals surface area (Å²) in [6.45, 7) is 1.78. The van der Waals surface area contributed by atoms with Gasteiger partial charge in [0.05, 0.1) is 0 Å². The number of hydrogen-bond acceptors (Lipinski definition) is 2. The van der Waals surface area contributed by atoms with Gasteiger partial charge in [-0.2, -0.15) is 0 Å². The molecule has 2 rings (SSSR count). The lowest BCUT2D eigenvalue weighted by Gasteiger charge is -2.08. The lowest BCUT2D eigenvalue weighted by Crippen LogP contribution is -2.00. The minimum absolute atomic E-state index is 0.0682. The van der Waals surface area contributed by atoms with E-state index in [0.717, 1.165) is 5.56 Å². The predicted octanol–water partition coefficient (Wildman–Crippen LogP) is 3.59. The van der Waals surface area contributed by atoms with E-state index in [1.165, 1.54) is 6.08 Å². The molecular formula is C16H14BO2. The maximum atomic E-state index is 12.1. The van der Waals surface area contributed by atoms with Gasteiger partial charge in [-0.1, -0.05) is 67.5 Å². The van der Waals surface area contributed by atoms with Crippen LogP contribution in [-0.2, 0) is 4.65 Å². The van der Waals surface area contributed by atoms with Gasteiger partial charge in [0.1, 0.15) is 5.76 Å². The van der Waals surface area contributed by atoms with E-state index < -0.39 is 0 Å². The Kier molecular flexibility index (Phi) is 4.57. The highest BCUT2D eigenvalue weighted by atomic mass is 16.4. The zero-order valence-corrected chi connectivity index (χ0v) is 10.7. The summed E-state index contributed by atoms with van der Waals surface area (Å²) in [7, 11) is 1.57. The molecule has 0 amide bonds. The van der Waals surface area contributed by atoms with Crippen molar-refractivity contribution in [2.75, 3.05) is 0 Å². The van der Waals surface area contributed by atoms with Crippen LogP contribution in [0.1, 0.15) is 15.9 Å². The van der Waals surface area contributed by atoms with Gasteiger partial charge < -0.3 is 4.65 Å². The molecule has 0 saturated carbocycles. The first kappa shape index (κ1) is 13.2. The van der Waals surface area contributed by atoms with Gasteiger partial charge >= 0.3 is 7.48 Å². The van der Waals surface area contributed by atoms with Gasteiger partial charge in [-0.3, -0.25) is 4.79 Å².